The summed E-state index contributed by atoms with van der Waals surface area (Å²) in [4.78, 5) is 0. The van der Waals surface area contributed by atoms with E-state index < -0.39 is 0 Å². The maximum atomic E-state index is 2.47. The number of quaternary nitrogens is 1. The number of hydrogen-bond donors (Lipinski definition) is 0. The average Bonchev–Trinajstić information content (AvgIpc) is 2.47. The minimum atomic E-state index is 0.942. The summed E-state index contributed by atoms with van der Waals surface area (Å²) in [5.41, 5.74) is 0. The Labute approximate surface area is 122 Å². The maximum Gasteiger partial charge on any atom is 0.0786 e. The number of hydrogen-bond acceptors (Lipinski definition) is 0. The van der Waals surface area contributed by atoms with E-state index in [-0.39, 0.29) is 0 Å². The molecular formula is C18H38N+. The molecule has 0 radical (unpaired) electrons. The molecule has 0 aliphatic carbocycles. The Morgan fingerprint density at radius 3 is 1.58 bits per heavy atom. The van der Waals surface area contributed by atoms with Gasteiger partial charge in [0.1, 0.15) is 0 Å². The molecule has 1 aliphatic heterocycles. The first kappa shape index (κ1) is 17.0. The summed E-state index contributed by atoms with van der Waals surface area (Å²) in [7, 11) is 0. The minimum Gasteiger partial charge on any atom is -0.324 e. The molecule has 1 nitrogen and oxygen atoms in total. The Morgan fingerprint density at radius 2 is 1.21 bits per heavy atom. The van der Waals surface area contributed by atoms with Crippen molar-refractivity contribution < 1.29 is 4.48 Å². The molecule has 114 valence electrons. The molecule has 1 aliphatic rings. The van der Waals surface area contributed by atoms with Gasteiger partial charge in [0.25, 0.3) is 0 Å². The second-order valence-electron chi connectivity index (χ2n) is 7.18. The van der Waals surface area contributed by atoms with E-state index in [1.165, 1.54) is 82.0 Å². The van der Waals surface area contributed by atoms with Crippen molar-refractivity contribution in [1.29, 1.82) is 0 Å². The first-order chi connectivity index (χ1) is 9.13. The van der Waals surface area contributed by atoms with E-state index in [1.807, 2.05) is 0 Å². The lowest BCUT2D eigenvalue weighted by Crippen LogP contribution is -2.50. The third-order valence-electron chi connectivity index (χ3n) is 5.53. The monoisotopic (exact) mass is 268 g/mol. The summed E-state index contributed by atoms with van der Waals surface area (Å²) < 4.78 is 1.45. The van der Waals surface area contributed by atoms with Crippen LogP contribution in [-0.2, 0) is 0 Å². The van der Waals surface area contributed by atoms with Gasteiger partial charge in [0.05, 0.1) is 26.2 Å². The van der Waals surface area contributed by atoms with E-state index in [2.05, 4.69) is 27.7 Å². The van der Waals surface area contributed by atoms with Crippen LogP contribution in [0.25, 0.3) is 0 Å². The van der Waals surface area contributed by atoms with Gasteiger partial charge in [-0.05, 0) is 50.4 Å². The minimum absolute atomic E-state index is 0.942. The lowest BCUT2D eigenvalue weighted by Gasteiger charge is -2.39. The Kier molecular flexibility index (Phi) is 8.06. The predicted octanol–water partition coefficient (Wildman–Crippen LogP) is 5.25. The van der Waals surface area contributed by atoms with Crippen molar-refractivity contribution in [2.45, 2.75) is 79.1 Å². The van der Waals surface area contributed by atoms with Crippen molar-refractivity contribution in [2.24, 2.45) is 11.8 Å². The molecular weight excluding hydrogens is 230 g/mol. The first-order valence-corrected chi connectivity index (χ1v) is 8.98. The first-order valence-electron chi connectivity index (χ1n) is 8.98. The Bertz CT molecular complexity index is 200. The molecule has 0 bridgehead atoms. The van der Waals surface area contributed by atoms with E-state index in [4.69, 9.17) is 0 Å². The molecule has 1 heterocycles. The van der Waals surface area contributed by atoms with Crippen LogP contribution in [0.4, 0.5) is 0 Å². The zero-order valence-corrected chi connectivity index (χ0v) is 14.1. The fourth-order valence-electron chi connectivity index (χ4n) is 3.72. The van der Waals surface area contributed by atoms with Crippen LogP contribution in [0, 0.1) is 11.8 Å². The summed E-state index contributed by atoms with van der Waals surface area (Å²) in [6, 6.07) is 0. The van der Waals surface area contributed by atoms with Crippen molar-refractivity contribution in [3.63, 3.8) is 0 Å². The third-order valence-corrected chi connectivity index (χ3v) is 5.53. The van der Waals surface area contributed by atoms with Gasteiger partial charge in [-0.3, -0.25) is 0 Å². The molecule has 0 spiro atoms. The second kappa shape index (κ2) is 9.00. The Balaban J connectivity index is 2.64. The fraction of sp³-hybridized carbons (Fsp3) is 1.00. The highest BCUT2D eigenvalue weighted by molar-refractivity contribution is 4.65. The number of nitrogens with zero attached hydrogens (tertiary/aromatic N) is 1. The highest BCUT2D eigenvalue weighted by Gasteiger charge is 2.28. The number of rotatable bonds is 6. The van der Waals surface area contributed by atoms with E-state index in [1.54, 1.807) is 0 Å². The van der Waals surface area contributed by atoms with Gasteiger partial charge in [-0.1, -0.05) is 40.5 Å². The highest BCUT2D eigenvalue weighted by atomic mass is 15.3. The molecule has 0 amide bonds. The van der Waals surface area contributed by atoms with Gasteiger partial charge in [-0.25, -0.2) is 0 Å². The summed E-state index contributed by atoms with van der Waals surface area (Å²) in [6.07, 6.45) is 11.4. The molecule has 1 fully saturated rings. The predicted molar refractivity (Wildman–Crippen MR) is 86.3 cm³/mol. The van der Waals surface area contributed by atoms with Gasteiger partial charge in [0.2, 0.25) is 0 Å². The van der Waals surface area contributed by atoms with Crippen LogP contribution in [0.15, 0.2) is 0 Å². The molecule has 2 atom stereocenters. The van der Waals surface area contributed by atoms with Crippen molar-refractivity contribution in [2.75, 3.05) is 26.2 Å². The smallest absolute Gasteiger partial charge is 0.0786 e. The molecule has 2 unspecified atom stereocenters. The fourth-order valence-corrected chi connectivity index (χ4v) is 3.72. The summed E-state index contributed by atoms with van der Waals surface area (Å²) in [5, 5.41) is 0. The van der Waals surface area contributed by atoms with E-state index in [0.717, 1.165) is 11.8 Å². The lowest BCUT2D eigenvalue weighted by atomic mass is 9.89. The Morgan fingerprint density at radius 1 is 0.789 bits per heavy atom. The second-order valence-corrected chi connectivity index (χ2v) is 7.18. The van der Waals surface area contributed by atoms with Gasteiger partial charge in [-0.15, -0.1) is 0 Å². The molecule has 0 aromatic rings. The Hall–Kier alpha value is -0.0400. The average molecular weight is 269 g/mol. The topological polar surface area (TPSA) is 0 Å². The van der Waals surface area contributed by atoms with Gasteiger partial charge in [0, 0.05) is 0 Å². The quantitative estimate of drug-likeness (QED) is 0.577. The molecule has 0 saturated carbocycles. The number of unbranched alkanes of at least 4 members (excludes halogenated alkanes) is 2. The van der Waals surface area contributed by atoms with Crippen LogP contribution in [0.5, 0.6) is 0 Å². The lowest BCUT2D eigenvalue weighted by molar-refractivity contribution is -0.929. The van der Waals surface area contributed by atoms with Crippen LogP contribution in [0.2, 0.25) is 0 Å². The standard InChI is InChI=1S/C18H38N/c1-5-7-13-19(14-8-6-2)15-9-11-17(3)18(4)12-10-16-19/h17-18H,5-16H2,1-4H3/q+1. The van der Waals surface area contributed by atoms with Gasteiger partial charge >= 0.3 is 0 Å². The summed E-state index contributed by atoms with van der Waals surface area (Å²) in [6.45, 7) is 15.4. The van der Waals surface area contributed by atoms with E-state index >= 15 is 0 Å². The molecule has 1 heteroatoms. The van der Waals surface area contributed by atoms with Crippen LogP contribution >= 0.6 is 0 Å². The maximum absolute atomic E-state index is 2.47. The summed E-state index contributed by atoms with van der Waals surface area (Å²) >= 11 is 0. The van der Waals surface area contributed by atoms with Gasteiger partial charge < -0.3 is 4.48 Å². The molecule has 0 aromatic heterocycles. The van der Waals surface area contributed by atoms with Crippen LogP contribution < -0.4 is 0 Å². The zero-order valence-electron chi connectivity index (χ0n) is 14.1. The van der Waals surface area contributed by atoms with E-state index in [9.17, 15) is 0 Å². The van der Waals surface area contributed by atoms with E-state index in [0.29, 0.717) is 0 Å². The van der Waals surface area contributed by atoms with Crippen molar-refractivity contribution in [1.82, 2.24) is 0 Å². The van der Waals surface area contributed by atoms with Crippen molar-refractivity contribution in [3.05, 3.63) is 0 Å². The summed E-state index contributed by atoms with van der Waals surface area (Å²) in [5.74, 6) is 1.88. The molecule has 1 saturated heterocycles. The molecule has 0 N–H and O–H groups in total. The van der Waals surface area contributed by atoms with Crippen LogP contribution in [0.1, 0.15) is 79.1 Å². The normalized spacial score (nSPS) is 28.4. The van der Waals surface area contributed by atoms with Crippen LogP contribution in [0.3, 0.4) is 0 Å². The van der Waals surface area contributed by atoms with Gasteiger partial charge in [0.15, 0.2) is 0 Å². The van der Waals surface area contributed by atoms with Gasteiger partial charge in [-0.2, -0.15) is 0 Å². The molecule has 19 heavy (non-hydrogen) atoms. The van der Waals surface area contributed by atoms with Crippen molar-refractivity contribution in [3.8, 4) is 0 Å². The zero-order chi connectivity index (χ0) is 14.1. The van der Waals surface area contributed by atoms with Crippen LogP contribution in [-0.4, -0.2) is 30.7 Å². The largest absolute Gasteiger partial charge is 0.324 e. The van der Waals surface area contributed by atoms with Crippen molar-refractivity contribution >= 4 is 0 Å². The molecule has 1 rings (SSSR count). The molecule has 0 aromatic carbocycles. The highest BCUT2D eigenvalue weighted by Crippen LogP contribution is 2.27. The SMILES string of the molecule is CCCC[N+]1(CCCC)CCCC(C)C(C)CCC1. The third kappa shape index (κ3) is 5.85.